The first-order valence-electron chi connectivity index (χ1n) is 12.7. The van der Waals surface area contributed by atoms with Gasteiger partial charge in [0.2, 0.25) is 5.95 Å². The molecule has 1 fully saturated rings. The Balaban J connectivity index is 1.37. The van der Waals surface area contributed by atoms with Crippen LogP contribution in [0.3, 0.4) is 0 Å². The summed E-state index contributed by atoms with van der Waals surface area (Å²) in [6.07, 6.45) is 3.49. The maximum Gasteiger partial charge on any atom is 0.263 e. The number of benzene rings is 2. The van der Waals surface area contributed by atoms with Gasteiger partial charge in [-0.3, -0.25) is 4.79 Å². The third-order valence-corrected chi connectivity index (χ3v) is 7.05. The molecule has 5 rings (SSSR count). The number of carbonyl (C=O) groups is 1. The monoisotopic (exact) mass is 486 g/mol. The number of hydrogen-bond donors (Lipinski definition) is 2. The lowest BCUT2D eigenvalue weighted by Crippen LogP contribution is -2.41. The van der Waals surface area contributed by atoms with Crippen LogP contribution in [0.2, 0.25) is 0 Å². The lowest BCUT2D eigenvalue weighted by atomic mass is 9.84. The zero-order valence-corrected chi connectivity index (χ0v) is 21.0. The SMILES string of the molecule is CCNc1ncc2c(n1)N(C)CCN(c1cccc(COC3(c4ccccc4)CCNCC3)c1)C2=O. The molecule has 2 N–H and O–H groups in total. The summed E-state index contributed by atoms with van der Waals surface area (Å²) < 4.78 is 6.67. The summed E-state index contributed by atoms with van der Waals surface area (Å²) in [4.78, 5) is 26.3. The fraction of sp³-hybridized carbons (Fsp3) is 0.393. The van der Waals surface area contributed by atoms with Crippen LogP contribution in [0.1, 0.15) is 41.3 Å². The van der Waals surface area contributed by atoms with E-state index in [2.05, 4.69) is 57.0 Å². The van der Waals surface area contributed by atoms with Crippen molar-refractivity contribution < 1.29 is 9.53 Å². The number of amides is 1. The molecule has 8 heteroatoms. The third kappa shape index (κ3) is 4.92. The molecule has 0 bridgehead atoms. The highest BCUT2D eigenvalue weighted by molar-refractivity contribution is 6.09. The average molecular weight is 487 g/mol. The van der Waals surface area contributed by atoms with Crippen molar-refractivity contribution in [1.82, 2.24) is 15.3 Å². The lowest BCUT2D eigenvalue weighted by Gasteiger charge is -2.38. The van der Waals surface area contributed by atoms with E-state index in [4.69, 9.17) is 4.74 Å². The minimum atomic E-state index is -0.301. The van der Waals surface area contributed by atoms with E-state index >= 15 is 0 Å². The van der Waals surface area contributed by atoms with Gasteiger partial charge in [-0.15, -0.1) is 0 Å². The fourth-order valence-electron chi connectivity index (χ4n) is 5.03. The summed E-state index contributed by atoms with van der Waals surface area (Å²) >= 11 is 0. The second kappa shape index (κ2) is 10.6. The van der Waals surface area contributed by atoms with E-state index in [1.54, 1.807) is 6.20 Å². The number of carbonyl (C=O) groups excluding carboxylic acids is 1. The first-order chi connectivity index (χ1) is 17.6. The maximum absolute atomic E-state index is 13.6. The van der Waals surface area contributed by atoms with Crippen LogP contribution in [-0.4, -0.2) is 55.6 Å². The Kier molecular flexibility index (Phi) is 7.16. The lowest BCUT2D eigenvalue weighted by molar-refractivity contribution is -0.0819. The van der Waals surface area contributed by atoms with Gasteiger partial charge in [0.15, 0.2) is 0 Å². The largest absolute Gasteiger partial charge is 0.366 e. The van der Waals surface area contributed by atoms with Gasteiger partial charge in [-0.1, -0.05) is 42.5 Å². The molecule has 2 aliphatic rings. The van der Waals surface area contributed by atoms with Crippen molar-refractivity contribution in [2.45, 2.75) is 32.0 Å². The van der Waals surface area contributed by atoms with E-state index in [1.165, 1.54) is 5.56 Å². The number of aromatic nitrogens is 2. The van der Waals surface area contributed by atoms with Gasteiger partial charge >= 0.3 is 0 Å². The standard InChI is InChI=1S/C28H34N6O2/c1-3-30-27-31-19-24-25(32-27)33(2)16-17-34(26(24)35)23-11-7-8-21(18-23)20-36-28(12-14-29-15-13-28)22-9-5-4-6-10-22/h4-11,18-19,29H,3,12-17,20H2,1-2H3,(H,30,31,32). The molecule has 8 nitrogen and oxygen atoms in total. The molecular formula is C28H34N6O2. The van der Waals surface area contributed by atoms with Crippen molar-refractivity contribution in [3.05, 3.63) is 77.5 Å². The van der Waals surface area contributed by atoms with Crippen LogP contribution in [0.4, 0.5) is 17.5 Å². The summed E-state index contributed by atoms with van der Waals surface area (Å²) in [6.45, 7) is 6.30. The van der Waals surface area contributed by atoms with Crippen molar-refractivity contribution in [2.75, 3.05) is 54.9 Å². The van der Waals surface area contributed by atoms with Gasteiger partial charge in [0.25, 0.3) is 5.91 Å². The van der Waals surface area contributed by atoms with Gasteiger partial charge in [-0.2, -0.15) is 4.98 Å². The van der Waals surface area contributed by atoms with Crippen molar-refractivity contribution in [2.24, 2.45) is 0 Å². The van der Waals surface area contributed by atoms with Crippen LogP contribution < -0.4 is 20.4 Å². The highest BCUT2D eigenvalue weighted by Crippen LogP contribution is 2.36. The second-order valence-electron chi connectivity index (χ2n) is 9.41. The number of hydrogen-bond acceptors (Lipinski definition) is 7. The molecule has 3 aromatic rings. The molecule has 1 saturated heterocycles. The van der Waals surface area contributed by atoms with Crippen molar-refractivity contribution in [3.8, 4) is 0 Å². The smallest absolute Gasteiger partial charge is 0.263 e. The zero-order valence-electron chi connectivity index (χ0n) is 21.0. The van der Waals surface area contributed by atoms with Gasteiger partial charge in [-0.25, -0.2) is 4.98 Å². The number of ether oxygens (including phenoxy) is 1. The Morgan fingerprint density at radius 3 is 2.67 bits per heavy atom. The number of nitrogens with zero attached hydrogens (tertiary/aromatic N) is 4. The van der Waals surface area contributed by atoms with E-state index in [0.29, 0.717) is 37.0 Å². The van der Waals surface area contributed by atoms with Crippen LogP contribution >= 0.6 is 0 Å². The first kappa shape index (κ1) is 24.2. The predicted octanol–water partition coefficient (Wildman–Crippen LogP) is 3.80. The van der Waals surface area contributed by atoms with Crippen molar-refractivity contribution >= 4 is 23.4 Å². The number of nitrogens with one attached hydrogen (secondary N) is 2. The van der Waals surface area contributed by atoms with Gasteiger partial charge < -0.3 is 25.2 Å². The van der Waals surface area contributed by atoms with Gasteiger partial charge in [-0.05, 0) is 56.1 Å². The van der Waals surface area contributed by atoms with Gasteiger partial charge in [0, 0.05) is 38.6 Å². The molecule has 1 aromatic heterocycles. The summed E-state index contributed by atoms with van der Waals surface area (Å²) in [5.74, 6) is 1.10. The Morgan fingerprint density at radius 2 is 1.89 bits per heavy atom. The van der Waals surface area contributed by atoms with E-state index < -0.39 is 0 Å². The number of likely N-dealkylation sites (N-methyl/N-ethyl adjacent to an activating group) is 1. The molecule has 2 aliphatic heterocycles. The topological polar surface area (TPSA) is 82.6 Å². The normalized spacial score (nSPS) is 17.4. The highest BCUT2D eigenvalue weighted by atomic mass is 16.5. The molecule has 36 heavy (non-hydrogen) atoms. The number of piperidine rings is 1. The number of rotatable bonds is 7. The summed E-state index contributed by atoms with van der Waals surface area (Å²) in [6, 6.07) is 18.6. The van der Waals surface area contributed by atoms with Gasteiger partial charge in [0.1, 0.15) is 11.4 Å². The first-order valence-corrected chi connectivity index (χ1v) is 12.7. The van der Waals surface area contributed by atoms with Crippen molar-refractivity contribution in [3.63, 3.8) is 0 Å². The molecule has 1 amide bonds. The van der Waals surface area contributed by atoms with Crippen LogP contribution in [0, 0.1) is 0 Å². The third-order valence-electron chi connectivity index (χ3n) is 7.05. The molecule has 0 spiro atoms. The summed E-state index contributed by atoms with van der Waals surface area (Å²) in [5, 5.41) is 6.58. The molecule has 3 heterocycles. The van der Waals surface area contributed by atoms with Crippen LogP contribution in [0.5, 0.6) is 0 Å². The molecule has 2 aromatic carbocycles. The molecular weight excluding hydrogens is 452 g/mol. The average Bonchev–Trinajstić information content (AvgIpc) is 3.05. The zero-order chi connectivity index (χ0) is 25.0. The fourth-order valence-corrected chi connectivity index (χ4v) is 5.03. The Morgan fingerprint density at radius 1 is 1.08 bits per heavy atom. The molecule has 188 valence electrons. The molecule has 0 aliphatic carbocycles. The Hall–Kier alpha value is -3.49. The summed E-state index contributed by atoms with van der Waals surface area (Å²) in [7, 11) is 1.96. The maximum atomic E-state index is 13.6. The minimum Gasteiger partial charge on any atom is -0.366 e. The molecule has 0 radical (unpaired) electrons. The number of fused-ring (bicyclic) bond motifs is 1. The molecule has 0 saturated carbocycles. The van der Waals surface area contributed by atoms with Crippen LogP contribution in [0.25, 0.3) is 0 Å². The van der Waals surface area contributed by atoms with E-state index in [9.17, 15) is 4.79 Å². The second-order valence-corrected chi connectivity index (χ2v) is 9.41. The molecule has 0 atom stereocenters. The number of anilines is 3. The summed E-state index contributed by atoms with van der Waals surface area (Å²) in [5.41, 5.74) is 3.34. The van der Waals surface area contributed by atoms with E-state index in [1.807, 2.05) is 42.0 Å². The Bertz CT molecular complexity index is 1200. The predicted molar refractivity (Wildman–Crippen MR) is 143 cm³/mol. The minimum absolute atomic E-state index is 0.0884. The Labute approximate surface area is 212 Å². The van der Waals surface area contributed by atoms with Crippen LogP contribution in [0.15, 0.2) is 60.8 Å². The highest BCUT2D eigenvalue weighted by Gasteiger charge is 2.35. The van der Waals surface area contributed by atoms with E-state index in [0.717, 1.165) is 43.7 Å². The molecule has 0 unspecified atom stereocenters. The quantitative estimate of drug-likeness (QED) is 0.526. The van der Waals surface area contributed by atoms with Gasteiger partial charge in [0.05, 0.1) is 12.2 Å². The van der Waals surface area contributed by atoms with Crippen molar-refractivity contribution in [1.29, 1.82) is 0 Å². The van der Waals surface area contributed by atoms with Crippen LogP contribution in [-0.2, 0) is 16.9 Å². The van der Waals surface area contributed by atoms with E-state index in [-0.39, 0.29) is 11.5 Å².